The monoisotopic (exact) mass is 261 g/mol. The molecule has 0 spiro atoms. The summed E-state index contributed by atoms with van der Waals surface area (Å²) in [7, 11) is 1.56. The molecule has 2 aromatic rings. The SMILES string of the molecule is CCCNC(=O)c1nnc(-c2ccccc2OC)o1. The molecule has 6 heteroatoms. The summed E-state index contributed by atoms with van der Waals surface area (Å²) < 4.78 is 10.6. The minimum Gasteiger partial charge on any atom is -0.496 e. The molecule has 100 valence electrons. The Morgan fingerprint density at radius 1 is 1.37 bits per heavy atom. The third kappa shape index (κ3) is 2.90. The number of carbonyl (C=O) groups excluding carboxylic acids is 1. The van der Waals surface area contributed by atoms with Gasteiger partial charge in [0.2, 0.25) is 0 Å². The van der Waals surface area contributed by atoms with Gasteiger partial charge in [-0.25, -0.2) is 0 Å². The molecule has 0 unspecified atom stereocenters. The highest BCUT2D eigenvalue weighted by Crippen LogP contribution is 2.28. The summed E-state index contributed by atoms with van der Waals surface area (Å²) in [6, 6.07) is 7.25. The lowest BCUT2D eigenvalue weighted by Crippen LogP contribution is -2.24. The minimum absolute atomic E-state index is 0.0469. The molecule has 1 N–H and O–H groups in total. The number of hydrogen-bond acceptors (Lipinski definition) is 5. The van der Waals surface area contributed by atoms with E-state index >= 15 is 0 Å². The predicted molar refractivity (Wildman–Crippen MR) is 68.9 cm³/mol. The number of aromatic nitrogens is 2. The minimum atomic E-state index is -0.365. The molecule has 2 rings (SSSR count). The number of hydrogen-bond donors (Lipinski definition) is 1. The zero-order valence-corrected chi connectivity index (χ0v) is 10.8. The Hall–Kier alpha value is -2.37. The lowest BCUT2D eigenvalue weighted by Gasteiger charge is -2.03. The van der Waals surface area contributed by atoms with Crippen LogP contribution in [-0.4, -0.2) is 29.8 Å². The number of rotatable bonds is 5. The van der Waals surface area contributed by atoms with Crippen molar-refractivity contribution in [2.45, 2.75) is 13.3 Å². The van der Waals surface area contributed by atoms with Crippen LogP contribution >= 0.6 is 0 Å². The third-order valence-electron chi connectivity index (χ3n) is 2.49. The Bertz CT molecular complexity index is 566. The first-order valence-corrected chi connectivity index (χ1v) is 6.01. The molecule has 19 heavy (non-hydrogen) atoms. The second-order valence-corrected chi connectivity index (χ2v) is 3.87. The normalized spacial score (nSPS) is 10.2. The Labute approximate surface area is 110 Å². The number of ether oxygens (including phenoxy) is 1. The smallest absolute Gasteiger partial charge is 0.308 e. The first kappa shape index (κ1) is 13.1. The molecular formula is C13H15N3O3. The number of nitrogens with zero attached hydrogens (tertiary/aromatic N) is 2. The second kappa shape index (κ2) is 5.99. The van der Waals surface area contributed by atoms with Gasteiger partial charge in [-0.1, -0.05) is 19.1 Å². The molecule has 1 aromatic carbocycles. The lowest BCUT2D eigenvalue weighted by molar-refractivity contribution is 0.0919. The molecule has 0 bridgehead atoms. The van der Waals surface area contributed by atoms with E-state index in [2.05, 4.69) is 15.5 Å². The summed E-state index contributed by atoms with van der Waals surface area (Å²) in [6.45, 7) is 2.54. The van der Waals surface area contributed by atoms with Gasteiger partial charge in [0, 0.05) is 6.54 Å². The molecule has 0 saturated heterocycles. The zero-order chi connectivity index (χ0) is 13.7. The van der Waals surface area contributed by atoms with Gasteiger partial charge in [-0.15, -0.1) is 10.2 Å². The van der Waals surface area contributed by atoms with Gasteiger partial charge < -0.3 is 14.5 Å². The summed E-state index contributed by atoms with van der Waals surface area (Å²) in [4.78, 5) is 11.7. The first-order valence-electron chi connectivity index (χ1n) is 6.01. The van der Waals surface area contributed by atoms with Gasteiger partial charge in [0.1, 0.15) is 5.75 Å². The maximum Gasteiger partial charge on any atom is 0.308 e. The van der Waals surface area contributed by atoms with Crippen LogP contribution in [0.5, 0.6) is 5.75 Å². The predicted octanol–water partition coefficient (Wildman–Crippen LogP) is 1.88. The summed E-state index contributed by atoms with van der Waals surface area (Å²) in [5.41, 5.74) is 0.659. The van der Waals surface area contributed by atoms with Crippen LogP contribution < -0.4 is 10.1 Å². The average molecular weight is 261 g/mol. The van der Waals surface area contributed by atoms with Gasteiger partial charge in [-0.2, -0.15) is 0 Å². The molecule has 0 saturated carbocycles. The van der Waals surface area contributed by atoms with Gasteiger partial charge in [-0.05, 0) is 18.6 Å². The van der Waals surface area contributed by atoms with Crippen molar-refractivity contribution in [2.75, 3.05) is 13.7 Å². The molecule has 0 atom stereocenters. The largest absolute Gasteiger partial charge is 0.496 e. The molecule has 0 aliphatic heterocycles. The maximum absolute atomic E-state index is 11.7. The number of para-hydroxylation sites is 1. The molecule has 1 aromatic heterocycles. The summed E-state index contributed by atoms with van der Waals surface area (Å²) >= 11 is 0. The quantitative estimate of drug-likeness (QED) is 0.889. The van der Waals surface area contributed by atoms with Crippen LogP contribution in [0, 0.1) is 0 Å². The average Bonchev–Trinajstić information content (AvgIpc) is 2.94. The van der Waals surface area contributed by atoms with Gasteiger partial charge >= 0.3 is 11.8 Å². The third-order valence-corrected chi connectivity index (χ3v) is 2.49. The van der Waals surface area contributed by atoms with E-state index in [0.717, 1.165) is 6.42 Å². The van der Waals surface area contributed by atoms with E-state index in [4.69, 9.17) is 9.15 Å². The van der Waals surface area contributed by atoms with E-state index in [-0.39, 0.29) is 17.7 Å². The lowest BCUT2D eigenvalue weighted by atomic mass is 10.2. The van der Waals surface area contributed by atoms with E-state index in [0.29, 0.717) is 17.9 Å². The first-order chi connectivity index (χ1) is 9.26. The fraction of sp³-hybridized carbons (Fsp3) is 0.308. The van der Waals surface area contributed by atoms with Crippen LogP contribution in [0.15, 0.2) is 28.7 Å². The van der Waals surface area contributed by atoms with Crippen LogP contribution in [0.25, 0.3) is 11.5 Å². The van der Waals surface area contributed by atoms with Crippen molar-refractivity contribution in [2.24, 2.45) is 0 Å². The van der Waals surface area contributed by atoms with Gasteiger partial charge in [0.05, 0.1) is 12.7 Å². The van der Waals surface area contributed by atoms with Crippen molar-refractivity contribution in [3.05, 3.63) is 30.2 Å². The molecule has 0 radical (unpaired) electrons. The van der Waals surface area contributed by atoms with Crippen LogP contribution in [0.3, 0.4) is 0 Å². The van der Waals surface area contributed by atoms with Crippen LogP contribution in [0.1, 0.15) is 24.0 Å². The molecule has 1 amide bonds. The Balaban J connectivity index is 2.23. The highest BCUT2D eigenvalue weighted by Gasteiger charge is 2.17. The van der Waals surface area contributed by atoms with Crippen LogP contribution in [-0.2, 0) is 0 Å². The summed E-state index contributed by atoms with van der Waals surface area (Å²) in [6.07, 6.45) is 0.846. The van der Waals surface area contributed by atoms with Crippen molar-refractivity contribution < 1.29 is 13.9 Å². The topological polar surface area (TPSA) is 77.2 Å². The number of methoxy groups -OCH3 is 1. The van der Waals surface area contributed by atoms with Gasteiger partial charge in [0.15, 0.2) is 0 Å². The van der Waals surface area contributed by atoms with E-state index in [1.54, 1.807) is 19.2 Å². The van der Waals surface area contributed by atoms with Crippen molar-refractivity contribution in [3.8, 4) is 17.2 Å². The molecular weight excluding hydrogens is 246 g/mol. The second-order valence-electron chi connectivity index (χ2n) is 3.87. The van der Waals surface area contributed by atoms with E-state index < -0.39 is 0 Å². The number of carbonyl (C=O) groups is 1. The molecule has 1 heterocycles. The Kier molecular flexibility index (Phi) is 4.12. The van der Waals surface area contributed by atoms with Crippen molar-refractivity contribution in [1.29, 1.82) is 0 Å². The molecule has 6 nitrogen and oxygen atoms in total. The zero-order valence-electron chi connectivity index (χ0n) is 10.8. The molecule has 0 fully saturated rings. The number of amides is 1. The van der Waals surface area contributed by atoms with Crippen LogP contribution in [0.4, 0.5) is 0 Å². The summed E-state index contributed by atoms with van der Waals surface area (Å²) in [5.74, 6) is 0.468. The van der Waals surface area contributed by atoms with E-state index in [1.807, 2.05) is 19.1 Å². The highest BCUT2D eigenvalue weighted by molar-refractivity contribution is 5.89. The standard InChI is InChI=1S/C13H15N3O3/c1-3-8-14-11(17)13-16-15-12(19-13)9-6-4-5-7-10(9)18-2/h4-7H,3,8H2,1-2H3,(H,14,17). The number of benzene rings is 1. The van der Waals surface area contributed by atoms with Gasteiger partial charge in [-0.3, -0.25) is 4.79 Å². The number of nitrogens with one attached hydrogen (secondary N) is 1. The summed E-state index contributed by atoms with van der Waals surface area (Å²) in [5, 5.41) is 10.3. The van der Waals surface area contributed by atoms with Crippen molar-refractivity contribution >= 4 is 5.91 Å². The maximum atomic E-state index is 11.7. The molecule has 0 aliphatic rings. The van der Waals surface area contributed by atoms with Crippen molar-refractivity contribution in [3.63, 3.8) is 0 Å². The van der Waals surface area contributed by atoms with E-state index in [9.17, 15) is 4.79 Å². The molecule has 0 aliphatic carbocycles. The highest BCUT2D eigenvalue weighted by atomic mass is 16.5. The van der Waals surface area contributed by atoms with E-state index in [1.165, 1.54) is 0 Å². The Morgan fingerprint density at radius 2 is 2.16 bits per heavy atom. The van der Waals surface area contributed by atoms with Gasteiger partial charge in [0.25, 0.3) is 5.89 Å². The Morgan fingerprint density at radius 3 is 2.89 bits per heavy atom. The fourth-order valence-electron chi connectivity index (χ4n) is 1.56. The fourth-order valence-corrected chi connectivity index (χ4v) is 1.56. The van der Waals surface area contributed by atoms with Crippen LogP contribution in [0.2, 0.25) is 0 Å². The van der Waals surface area contributed by atoms with Crippen molar-refractivity contribution in [1.82, 2.24) is 15.5 Å².